The molecule has 1 aromatic heterocycles. The third-order valence-electron chi connectivity index (χ3n) is 5.74. The summed E-state index contributed by atoms with van der Waals surface area (Å²) in [6, 6.07) is 15.0. The van der Waals surface area contributed by atoms with Crippen molar-refractivity contribution < 1.29 is 9.18 Å². The van der Waals surface area contributed by atoms with Crippen molar-refractivity contribution in [2.45, 2.75) is 32.2 Å². The van der Waals surface area contributed by atoms with Gasteiger partial charge < -0.3 is 10.3 Å². The summed E-state index contributed by atoms with van der Waals surface area (Å²) in [5.41, 5.74) is 4.40. The quantitative estimate of drug-likeness (QED) is 0.701. The van der Waals surface area contributed by atoms with E-state index in [2.05, 4.69) is 46.4 Å². The smallest absolute Gasteiger partial charge is 0.234 e. The SMILES string of the molecule is Cc1[nH]c2ccccc2c1C1CCN(CC(=O)NCc2ccccc2F)CC1. The van der Waals surface area contributed by atoms with Crippen LogP contribution in [0, 0.1) is 12.7 Å². The number of aryl methyl sites for hydroxylation is 1. The van der Waals surface area contributed by atoms with Crippen molar-refractivity contribution in [3.63, 3.8) is 0 Å². The summed E-state index contributed by atoms with van der Waals surface area (Å²) < 4.78 is 13.7. The average molecular weight is 379 g/mol. The largest absolute Gasteiger partial charge is 0.358 e. The molecule has 1 amide bonds. The maximum atomic E-state index is 13.7. The fourth-order valence-electron chi connectivity index (χ4n) is 4.30. The Morgan fingerprint density at radius 2 is 1.86 bits per heavy atom. The molecule has 2 N–H and O–H groups in total. The number of halogens is 1. The summed E-state index contributed by atoms with van der Waals surface area (Å²) in [4.78, 5) is 17.9. The Bertz CT molecular complexity index is 973. The molecule has 4 nitrogen and oxygen atoms in total. The molecule has 0 bridgehead atoms. The zero-order valence-corrected chi connectivity index (χ0v) is 16.2. The van der Waals surface area contributed by atoms with E-state index in [4.69, 9.17) is 0 Å². The van der Waals surface area contributed by atoms with Crippen LogP contribution in [-0.4, -0.2) is 35.4 Å². The maximum Gasteiger partial charge on any atom is 0.234 e. The number of aromatic amines is 1. The lowest BCUT2D eigenvalue weighted by molar-refractivity contribution is -0.122. The van der Waals surface area contributed by atoms with Gasteiger partial charge in [-0.05, 0) is 56.5 Å². The first-order chi connectivity index (χ1) is 13.6. The molecule has 1 fully saturated rings. The van der Waals surface area contributed by atoms with Crippen LogP contribution in [0.15, 0.2) is 48.5 Å². The van der Waals surface area contributed by atoms with E-state index in [-0.39, 0.29) is 18.3 Å². The van der Waals surface area contributed by atoms with Crippen molar-refractivity contribution >= 4 is 16.8 Å². The number of carbonyl (C=O) groups excluding carboxylic acids is 1. The van der Waals surface area contributed by atoms with Crippen LogP contribution in [0.4, 0.5) is 4.39 Å². The summed E-state index contributed by atoms with van der Waals surface area (Å²) in [5, 5.41) is 4.15. The Kier molecular flexibility index (Phi) is 5.44. The highest BCUT2D eigenvalue weighted by molar-refractivity contribution is 5.85. The molecule has 3 aromatic rings. The number of hydrogen-bond acceptors (Lipinski definition) is 2. The number of carbonyl (C=O) groups is 1. The van der Waals surface area contributed by atoms with Gasteiger partial charge in [0, 0.05) is 28.7 Å². The number of benzene rings is 2. The highest BCUT2D eigenvalue weighted by Crippen LogP contribution is 2.35. The van der Waals surface area contributed by atoms with Gasteiger partial charge in [0.2, 0.25) is 5.91 Å². The van der Waals surface area contributed by atoms with E-state index < -0.39 is 0 Å². The molecule has 5 heteroatoms. The van der Waals surface area contributed by atoms with E-state index in [9.17, 15) is 9.18 Å². The number of H-pyrrole nitrogens is 1. The number of piperidine rings is 1. The van der Waals surface area contributed by atoms with Crippen molar-refractivity contribution in [1.82, 2.24) is 15.2 Å². The normalized spacial score (nSPS) is 15.8. The number of nitrogens with zero attached hydrogens (tertiary/aromatic N) is 1. The number of likely N-dealkylation sites (tertiary alicyclic amines) is 1. The molecule has 0 aliphatic carbocycles. The van der Waals surface area contributed by atoms with Gasteiger partial charge in [-0.25, -0.2) is 4.39 Å². The van der Waals surface area contributed by atoms with E-state index in [0.29, 0.717) is 18.0 Å². The van der Waals surface area contributed by atoms with Crippen LogP contribution in [0.1, 0.15) is 35.6 Å². The first kappa shape index (κ1) is 18.7. The predicted octanol–water partition coefficient (Wildman–Crippen LogP) is 4.11. The molecule has 1 aliphatic rings. The van der Waals surface area contributed by atoms with E-state index >= 15 is 0 Å². The minimum atomic E-state index is -0.280. The molecule has 2 aromatic carbocycles. The van der Waals surface area contributed by atoms with Crippen LogP contribution < -0.4 is 5.32 Å². The monoisotopic (exact) mass is 379 g/mol. The van der Waals surface area contributed by atoms with Gasteiger partial charge in [-0.2, -0.15) is 0 Å². The molecule has 1 aliphatic heterocycles. The predicted molar refractivity (Wildman–Crippen MR) is 110 cm³/mol. The lowest BCUT2D eigenvalue weighted by Crippen LogP contribution is -2.41. The molecule has 1 saturated heterocycles. The highest BCUT2D eigenvalue weighted by atomic mass is 19.1. The molecule has 0 spiro atoms. The number of fused-ring (bicyclic) bond motifs is 1. The Morgan fingerprint density at radius 3 is 2.64 bits per heavy atom. The summed E-state index contributed by atoms with van der Waals surface area (Å²) in [5.74, 6) is 0.191. The van der Waals surface area contributed by atoms with Crippen LogP contribution in [0.2, 0.25) is 0 Å². The summed E-state index contributed by atoms with van der Waals surface area (Å²) >= 11 is 0. The minimum Gasteiger partial charge on any atom is -0.358 e. The number of amides is 1. The second kappa shape index (κ2) is 8.15. The Morgan fingerprint density at radius 1 is 1.14 bits per heavy atom. The van der Waals surface area contributed by atoms with Crippen molar-refractivity contribution in [3.8, 4) is 0 Å². The molecule has 2 heterocycles. The third-order valence-corrected chi connectivity index (χ3v) is 5.74. The first-order valence-electron chi connectivity index (χ1n) is 9.91. The van der Waals surface area contributed by atoms with Gasteiger partial charge in [0.1, 0.15) is 5.82 Å². The molecular weight excluding hydrogens is 353 g/mol. The summed E-state index contributed by atoms with van der Waals surface area (Å²) in [6.45, 7) is 4.55. The average Bonchev–Trinajstić information content (AvgIpc) is 3.04. The van der Waals surface area contributed by atoms with Crippen molar-refractivity contribution in [1.29, 1.82) is 0 Å². The molecular formula is C23H26FN3O. The summed E-state index contributed by atoms with van der Waals surface area (Å²) in [7, 11) is 0. The fourth-order valence-corrected chi connectivity index (χ4v) is 4.30. The van der Waals surface area contributed by atoms with E-state index in [0.717, 1.165) is 25.9 Å². The van der Waals surface area contributed by atoms with Crippen LogP contribution in [0.5, 0.6) is 0 Å². The molecule has 0 unspecified atom stereocenters. The van der Waals surface area contributed by atoms with Crippen LogP contribution in [0.3, 0.4) is 0 Å². The zero-order chi connectivity index (χ0) is 19.5. The molecule has 146 valence electrons. The Hall–Kier alpha value is -2.66. The van der Waals surface area contributed by atoms with Crippen LogP contribution in [0.25, 0.3) is 10.9 Å². The third kappa shape index (κ3) is 3.94. The molecule has 0 radical (unpaired) electrons. The summed E-state index contributed by atoms with van der Waals surface area (Å²) in [6.07, 6.45) is 2.09. The highest BCUT2D eigenvalue weighted by Gasteiger charge is 2.25. The number of nitrogens with one attached hydrogen (secondary N) is 2. The van der Waals surface area contributed by atoms with Gasteiger partial charge in [0.05, 0.1) is 6.54 Å². The van der Waals surface area contributed by atoms with Crippen molar-refractivity contribution in [3.05, 3.63) is 71.2 Å². The second-order valence-electron chi connectivity index (χ2n) is 7.63. The number of rotatable bonds is 5. The Balaban J connectivity index is 1.31. The second-order valence-corrected chi connectivity index (χ2v) is 7.63. The molecule has 0 saturated carbocycles. The van der Waals surface area contributed by atoms with E-state index in [1.165, 1.54) is 28.2 Å². The number of aromatic nitrogens is 1. The molecule has 0 atom stereocenters. The topological polar surface area (TPSA) is 48.1 Å². The van der Waals surface area contributed by atoms with Gasteiger partial charge in [-0.3, -0.25) is 9.69 Å². The van der Waals surface area contributed by atoms with Gasteiger partial charge in [0.25, 0.3) is 0 Å². The number of para-hydroxylation sites is 1. The van der Waals surface area contributed by atoms with E-state index in [1.54, 1.807) is 18.2 Å². The Labute approximate surface area is 164 Å². The number of hydrogen-bond donors (Lipinski definition) is 2. The van der Waals surface area contributed by atoms with Crippen LogP contribution in [-0.2, 0) is 11.3 Å². The van der Waals surface area contributed by atoms with Gasteiger partial charge in [-0.1, -0.05) is 36.4 Å². The van der Waals surface area contributed by atoms with Crippen molar-refractivity contribution in [2.24, 2.45) is 0 Å². The van der Waals surface area contributed by atoms with Gasteiger partial charge in [-0.15, -0.1) is 0 Å². The first-order valence-corrected chi connectivity index (χ1v) is 9.91. The maximum absolute atomic E-state index is 13.7. The standard InChI is InChI=1S/C23H26FN3O/c1-16-23(19-7-3-5-9-21(19)26-16)17-10-12-27(13-11-17)15-22(28)25-14-18-6-2-4-8-20(18)24/h2-9,17,26H,10-15H2,1H3,(H,25,28). The fraction of sp³-hybridized carbons (Fsp3) is 0.348. The van der Waals surface area contributed by atoms with Crippen molar-refractivity contribution in [2.75, 3.05) is 19.6 Å². The lowest BCUT2D eigenvalue weighted by atomic mass is 9.87. The van der Waals surface area contributed by atoms with Gasteiger partial charge >= 0.3 is 0 Å². The lowest BCUT2D eigenvalue weighted by Gasteiger charge is -2.31. The minimum absolute atomic E-state index is 0.0509. The molecule has 4 rings (SSSR count). The zero-order valence-electron chi connectivity index (χ0n) is 16.2. The molecule has 28 heavy (non-hydrogen) atoms. The van der Waals surface area contributed by atoms with Crippen LogP contribution >= 0.6 is 0 Å². The van der Waals surface area contributed by atoms with Gasteiger partial charge in [0.15, 0.2) is 0 Å². The van der Waals surface area contributed by atoms with E-state index in [1.807, 2.05) is 0 Å².